The minimum atomic E-state index is -2.97. The number of aliphatic imine (C=N–C) groups is 1. The van der Waals surface area contributed by atoms with Gasteiger partial charge in [-0.15, -0.1) is 0 Å². The molecule has 0 rings (SSSR count). The summed E-state index contributed by atoms with van der Waals surface area (Å²) in [6, 6.07) is -0.901. The molecule has 0 saturated carbocycles. The van der Waals surface area contributed by atoms with Crippen molar-refractivity contribution in [1.29, 1.82) is 0 Å². The first-order valence-electron chi connectivity index (χ1n) is 4.34. The van der Waals surface area contributed by atoms with Gasteiger partial charge in [-0.2, -0.15) is 0 Å². The van der Waals surface area contributed by atoms with Crippen LogP contribution >= 0.6 is 12.2 Å². The molecule has 5 nitrogen and oxygen atoms in total. The fourth-order valence-corrected chi connectivity index (χ4v) is 1.86. The Morgan fingerprint density at radius 2 is 2.13 bits per heavy atom. The summed E-state index contributed by atoms with van der Waals surface area (Å²) in [5.74, 6) is -0.993. The topological polar surface area (TPSA) is 83.8 Å². The zero-order chi connectivity index (χ0) is 11.9. The van der Waals surface area contributed by atoms with Crippen LogP contribution in [0.15, 0.2) is 4.99 Å². The second-order valence-electron chi connectivity index (χ2n) is 3.20. The van der Waals surface area contributed by atoms with E-state index in [4.69, 9.17) is 5.11 Å². The summed E-state index contributed by atoms with van der Waals surface area (Å²) < 4.78 is 21.5. The lowest BCUT2D eigenvalue weighted by molar-refractivity contribution is -0.138. The van der Waals surface area contributed by atoms with E-state index in [0.717, 1.165) is 6.26 Å². The van der Waals surface area contributed by atoms with Gasteiger partial charge in [-0.1, -0.05) is 0 Å². The normalized spacial score (nSPS) is 12.9. The molecule has 0 spiro atoms. The van der Waals surface area contributed by atoms with Crippen molar-refractivity contribution in [3.8, 4) is 0 Å². The quantitative estimate of drug-likeness (QED) is 0.410. The number of isothiocyanates is 1. The predicted octanol–water partition coefficient (Wildman–Crippen LogP) is 0.757. The Morgan fingerprint density at radius 3 is 2.53 bits per heavy atom. The van der Waals surface area contributed by atoms with E-state index in [1.54, 1.807) is 0 Å². The van der Waals surface area contributed by atoms with Crippen molar-refractivity contribution in [3.05, 3.63) is 0 Å². The standard InChI is InChI=1S/C8H13NO4S2/c1-15(12,13)5-3-2-4-7(8(10)11)9-6-14/h7H,2-5H2,1H3,(H,10,11). The van der Waals surface area contributed by atoms with E-state index < -0.39 is 21.8 Å². The molecule has 0 amide bonds. The van der Waals surface area contributed by atoms with Crippen LogP contribution < -0.4 is 0 Å². The molecule has 1 atom stereocenters. The molecule has 0 aliphatic heterocycles. The largest absolute Gasteiger partial charge is 0.480 e. The van der Waals surface area contributed by atoms with E-state index in [9.17, 15) is 13.2 Å². The Balaban J connectivity index is 3.92. The first-order chi connectivity index (χ1) is 6.87. The molecular weight excluding hydrogens is 238 g/mol. The Bertz CT molecular complexity index is 355. The minimum absolute atomic E-state index is 0.0701. The predicted molar refractivity (Wildman–Crippen MR) is 60.0 cm³/mol. The van der Waals surface area contributed by atoms with Gasteiger partial charge < -0.3 is 5.11 Å². The van der Waals surface area contributed by atoms with Crippen LogP contribution in [0.5, 0.6) is 0 Å². The number of sulfone groups is 1. The fraction of sp³-hybridized carbons (Fsp3) is 0.750. The number of rotatable bonds is 7. The van der Waals surface area contributed by atoms with Crippen molar-refractivity contribution in [2.24, 2.45) is 4.99 Å². The van der Waals surface area contributed by atoms with Crippen molar-refractivity contribution in [2.75, 3.05) is 12.0 Å². The highest BCUT2D eigenvalue weighted by molar-refractivity contribution is 7.90. The third kappa shape index (κ3) is 8.23. The van der Waals surface area contributed by atoms with E-state index in [-0.39, 0.29) is 12.2 Å². The molecule has 0 radical (unpaired) electrons. The third-order valence-electron chi connectivity index (χ3n) is 1.74. The molecule has 0 aromatic carbocycles. The molecule has 7 heteroatoms. The third-order valence-corrected chi connectivity index (χ3v) is 2.87. The van der Waals surface area contributed by atoms with Crippen LogP contribution in [0.4, 0.5) is 0 Å². The number of hydrogen-bond donors (Lipinski definition) is 1. The second-order valence-corrected chi connectivity index (χ2v) is 5.64. The van der Waals surface area contributed by atoms with Crippen LogP contribution in [0.25, 0.3) is 0 Å². The number of carboxylic acids is 1. The summed E-state index contributed by atoms with van der Waals surface area (Å²) in [6.07, 6.45) is 2.37. The lowest BCUT2D eigenvalue weighted by atomic mass is 10.1. The molecule has 0 aromatic heterocycles. The van der Waals surface area contributed by atoms with Gasteiger partial charge in [-0.3, -0.25) is 0 Å². The molecule has 86 valence electrons. The lowest BCUT2D eigenvalue weighted by Gasteiger charge is -2.04. The highest BCUT2D eigenvalue weighted by atomic mass is 32.2. The molecule has 15 heavy (non-hydrogen) atoms. The zero-order valence-corrected chi connectivity index (χ0v) is 9.97. The summed E-state index contributed by atoms with van der Waals surface area (Å²) >= 11 is 4.31. The van der Waals surface area contributed by atoms with Gasteiger partial charge in [0.25, 0.3) is 0 Å². The van der Waals surface area contributed by atoms with Crippen molar-refractivity contribution >= 4 is 33.2 Å². The van der Waals surface area contributed by atoms with Gasteiger partial charge in [0.1, 0.15) is 9.84 Å². The zero-order valence-electron chi connectivity index (χ0n) is 8.34. The van der Waals surface area contributed by atoms with Gasteiger partial charge in [0, 0.05) is 12.0 Å². The second kappa shape index (κ2) is 6.66. The van der Waals surface area contributed by atoms with Gasteiger partial charge in [-0.25, -0.2) is 18.2 Å². The minimum Gasteiger partial charge on any atom is -0.480 e. The van der Waals surface area contributed by atoms with Crippen LogP contribution in [-0.2, 0) is 14.6 Å². The monoisotopic (exact) mass is 251 g/mol. The van der Waals surface area contributed by atoms with Gasteiger partial charge >= 0.3 is 5.97 Å². The van der Waals surface area contributed by atoms with Crippen molar-refractivity contribution in [3.63, 3.8) is 0 Å². The van der Waals surface area contributed by atoms with E-state index in [1.165, 1.54) is 0 Å². The summed E-state index contributed by atoms with van der Waals surface area (Å²) in [6.45, 7) is 0. The van der Waals surface area contributed by atoms with Gasteiger partial charge in [0.2, 0.25) is 0 Å². The number of aliphatic carboxylic acids is 1. The van der Waals surface area contributed by atoms with Crippen molar-refractivity contribution < 1.29 is 18.3 Å². The van der Waals surface area contributed by atoms with Crippen molar-refractivity contribution in [2.45, 2.75) is 25.3 Å². The summed E-state index contributed by atoms with van der Waals surface area (Å²) in [5, 5.41) is 10.7. The van der Waals surface area contributed by atoms with E-state index in [2.05, 4.69) is 17.2 Å². The van der Waals surface area contributed by atoms with Crippen molar-refractivity contribution in [1.82, 2.24) is 0 Å². The number of hydrogen-bond acceptors (Lipinski definition) is 5. The molecule has 0 saturated heterocycles. The van der Waals surface area contributed by atoms with Crippen LogP contribution in [0.2, 0.25) is 0 Å². The Kier molecular flexibility index (Phi) is 6.31. The number of thiocarbonyl (C=S) groups is 1. The smallest absolute Gasteiger partial charge is 0.329 e. The van der Waals surface area contributed by atoms with Gasteiger partial charge in [0.05, 0.1) is 5.16 Å². The van der Waals surface area contributed by atoms with Gasteiger partial charge in [0.15, 0.2) is 6.04 Å². The van der Waals surface area contributed by atoms with E-state index in [0.29, 0.717) is 12.8 Å². The summed E-state index contributed by atoms with van der Waals surface area (Å²) in [7, 11) is -2.97. The molecule has 0 aliphatic rings. The Hall–Kier alpha value is -0.780. The number of carbonyl (C=O) groups is 1. The average molecular weight is 251 g/mol. The maximum absolute atomic E-state index is 10.8. The summed E-state index contributed by atoms with van der Waals surface area (Å²) in [4.78, 5) is 14.1. The Labute approximate surface area is 94.1 Å². The Morgan fingerprint density at radius 1 is 1.53 bits per heavy atom. The lowest BCUT2D eigenvalue weighted by Crippen LogP contribution is -2.17. The molecule has 0 aromatic rings. The highest BCUT2D eigenvalue weighted by Crippen LogP contribution is 2.06. The number of unbranched alkanes of at least 4 members (excludes halogenated alkanes) is 1. The molecule has 0 heterocycles. The fourth-order valence-electron chi connectivity index (χ4n) is 1.01. The molecular formula is C8H13NO4S2. The van der Waals surface area contributed by atoms with Crippen LogP contribution in [0, 0.1) is 0 Å². The molecule has 1 N–H and O–H groups in total. The van der Waals surface area contributed by atoms with E-state index in [1.807, 2.05) is 5.16 Å². The maximum Gasteiger partial charge on any atom is 0.329 e. The van der Waals surface area contributed by atoms with E-state index >= 15 is 0 Å². The van der Waals surface area contributed by atoms with Gasteiger partial charge in [-0.05, 0) is 31.5 Å². The molecule has 1 unspecified atom stereocenters. The number of nitrogens with zero attached hydrogens (tertiary/aromatic N) is 1. The SMILES string of the molecule is CS(=O)(=O)CCCCC(N=C=S)C(=O)O. The van der Waals surface area contributed by atoms with Crippen LogP contribution in [0.3, 0.4) is 0 Å². The molecule has 0 fully saturated rings. The molecule has 0 bridgehead atoms. The van der Waals surface area contributed by atoms with Crippen LogP contribution in [-0.4, -0.2) is 42.7 Å². The number of carboxylic acid groups (broad SMARTS) is 1. The highest BCUT2D eigenvalue weighted by Gasteiger charge is 2.15. The molecule has 0 aliphatic carbocycles. The summed E-state index contributed by atoms with van der Waals surface area (Å²) in [5.41, 5.74) is 0. The first-order valence-corrected chi connectivity index (χ1v) is 6.81. The van der Waals surface area contributed by atoms with Crippen LogP contribution in [0.1, 0.15) is 19.3 Å². The maximum atomic E-state index is 10.8. The average Bonchev–Trinajstić information content (AvgIpc) is 2.08. The first kappa shape index (κ1) is 14.2.